The van der Waals surface area contributed by atoms with Gasteiger partial charge in [-0.25, -0.2) is 5.43 Å². The summed E-state index contributed by atoms with van der Waals surface area (Å²) in [5.74, 6) is 0.536. The number of carbonyl (C=O) groups is 2. The van der Waals surface area contributed by atoms with E-state index in [1.807, 2.05) is 38.1 Å². The second kappa shape index (κ2) is 11.4. The first kappa shape index (κ1) is 21.0. The van der Waals surface area contributed by atoms with Gasteiger partial charge in [0.25, 0.3) is 0 Å². The first-order valence-electron chi connectivity index (χ1n) is 9.18. The summed E-state index contributed by atoms with van der Waals surface area (Å²) in [7, 11) is 0. The average molecular weight is 383 g/mol. The molecule has 0 atom stereocenters. The van der Waals surface area contributed by atoms with Crippen molar-refractivity contribution in [3.63, 3.8) is 0 Å². The van der Waals surface area contributed by atoms with Gasteiger partial charge in [0.2, 0.25) is 11.8 Å². The Balaban J connectivity index is 1.78. The minimum atomic E-state index is -0.502. The summed E-state index contributed by atoms with van der Waals surface area (Å²) < 4.78 is 10.9. The summed E-state index contributed by atoms with van der Waals surface area (Å²) in [5, 5.41) is 6.53. The van der Waals surface area contributed by atoms with Gasteiger partial charge in [-0.3, -0.25) is 9.59 Å². The number of hydrogen-bond donors (Lipinski definition) is 2. The maximum Gasteiger partial charge on any atom is 0.249 e. The second-order valence-corrected chi connectivity index (χ2v) is 5.90. The van der Waals surface area contributed by atoms with Crippen molar-refractivity contribution >= 4 is 23.7 Å². The summed E-state index contributed by atoms with van der Waals surface area (Å²) >= 11 is 0. The van der Waals surface area contributed by atoms with Gasteiger partial charge in [0, 0.05) is 5.69 Å². The summed E-state index contributed by atoms with van der Waals surface area (Å²) in [6, 6.07) is 14.3. The van der Waals surface area contributed by atoms with Crippen molar-refractivity contribution in [3.8, 4) is 11.5 Å². The van der Waals surface area contributed by atoms with E-state index in [0.29, 0.717) is 18.9 Å². The molecule has 2 aromatic carbocycles. The lowest BCUT2D eigenvalue weighted by atomic mass is 10.2. The molecule has 0 fully saturated rings. The molecule has 2 N–H and O–H groups in total. The molecule has 148 valence electrons. The fourth-order valence-electron chi connectivity index (χ4n) is 2.28. The maximum atomic E-state index is 11.9. The number of nitrogens with one attached hydrogen (secondary N) is 2. The van der Waals surface area contributed by atoms with Crippen LogP contribution in [0.1, 0.15) is 32.3 Å². The van der Waals surface area contributed by atoms with Gasteiger partial charge in [0.05, 0.1) is 19.4 Å². The van der Waals surface area contributed by atoms with Crippen LogP contribution in [0.4, 0.5) is 5.69 Å². The van der Waals surface area contributed by atoms with Crippen LogP contribution in [-0.2, 0) is 9.59 Å². The van der Waals surface area contributed by atoms with Crippen molar-refractivity contribution in [2.24, 2.45) is 5.10 Å². The molecule has 0 aromatic heterocycles. The number of anilines is 1. The van der Waals surface area contributed by atoms with Gasteiger partial charge < -0.3 is 14.8 Å². The van der Waals surface area contributed by atoms with Crippen molar-refractivity contribution < 1.29 is 19.1 Å². The van der Waals surface area contributed by atoms with Crippen molar-refractivity contribution in [1.29, 1.82) is 0 Å². The Morgan fingerprint density at radius 3 is 2.50 bits per heavy atom. The Kier molecular flexibility index (Phi) is 8.52. The first-order valence-corrected chi connectivity index (χ1v) is 9.18. The molecule has 0 saturated heterocycles. The van der Waals surface area contributed by atoms with Gasteiger partial charge in [-0.2, -0.15) is 5.10 Å². The SMILES string of the molecule is CCCOc1cccc(C=NNC(=O)CC(=O)Nc2ccc(OCC)cc2)c1. The van der Waals surface area contributed by atoms with Crippen LogP contribution in [-0.4, -0.2) is 31.2 Å². The number of carbonyl (C=O) groups excluding carboxylic acids is 2. The molecule has 7 heteroatoms. The summed E-state index contributed by atoms with van der Waals surface area (Å²) in [6.45, 7) is 5.14. The zero-order chi connectivity index (χ0) is 20.2. The highest BCUT2D eigenvalue weighted by atomic mass is 16.5. The molecule has 0 aliphatic heterocycles. The zero-order valence-corrected chi connectivity index (χ0v) is 16.1. The van der Waals surface area contributed by atoms with Crippen molar-refractivity contribution in [3.05, 3.63) is 54.1 Å². The fourth-order valence-corrected chi connectivity index (χ4v) is 2.28. The number of benzene rings is 2. The lowest BCUT2D eigenvalue weighted by Crippen LogP contribution is -2.24. The zero-order valence-electron chi connectivity index (χ0n) is 16.1. The molecule has 2 rings (SSSR count). The van der Waals surface area contributed by atoms with E-state index in [2.05, 4.69) is 15.8 Å². The number of amides is 2. The molecular weight excluding hydrogens is 358 g/mol. The first-order chi connectivity index (χ1) is 13.6. The third-order valence-electron chi connectivity index (χ3n) is 3.50. The van der Waals surface area contributed by atoms with Gasteiger partial charge in [0.1, 0.15) is 17.9 Å². The molecular formula is C21H25N3O4. The van der Waals surface area contributed by atoms with Crippen LogP contribution >= 0.6 is 0 Å². The van der Waals surface area contributed by atoms with Crippen molar-refractivity contribution in [1.82, 2.24) is 5.43 Å². The van der Waals surface area contributed by atoms with E-state index in [1.54, 1.807) is 24.3 Å². The number of rotatable bonds is 10. The molecule has 2 aromatic rings. The van der Waals surface area contributed by atoms with E-state index in [1.165, 1.54) is 6.21 Å². The van der Waals surface area contributed by atoms with E-state index in [0.717, 1.165) is 23.5 Å². The second-order valence-electron chi connectivity index (χ2n) is 5.90. The highest BCUT2D eigenvalue weighted by molar-refractivity contribution is 6.03. The van der Waals surface area contributed by atoms with Gasteiger partial charge in [-0.15, -0.1) is 0 Å². The molecule has 0 bridgehead atoms. The predicted molar refractivity (Wildman–Crippen MR) is 109 cm³/mol. The van der Waals surface area contributed by atoms with Gasteiger partial charge >= 0.3 is 0 Å². The average Bonchev–Trinajstić information content (AvgIpc) is 2.68. The number of ether oxygens (including phenoxy) is 2. The van der Waals surface area contributed by atoms with E-state index < -0.39 is 11.8 Å². The van der Waals surface area contributed by atoms with Crippen LogP contribution in [0.15, 0.2) is 53.6 Å². The van der Waals surface area contributed by atoms with E-state index in [9.17, 15) is 9.59 Å². The molecule has 28 heavy (non-hydrogen) atoms. The normalized spacial score (nSPS) is 10.5. The van der Waals surface area contributed by atoms with Gasteiger partial charge in [0.15, 0.2) is 0 Å². The lowest BCUT2D eigenvalue weighted by Gasteiger charge is -2.07. The summed E-state index contributed by atoms with van der Waals surface area (Å²) in [5.41, 5.74) is 3.72. The Hall–Kier alpha value is -3.35. The van der Waals surface area contributed by atoms with E-state index in [-0.39, 0.29) is 6.42 Å². The van der Waals surface area contributed by atoms with Crippen molar-refractivity contribution in [2.45, 2.75) is 26.7 Å². The third-order valence-corrected chi connectivity index (χ3v) is 3.50. The third kappa shape index (κ3) is 7.49. The maximum absolute atomic E-state index is 11.9. The highest BCUT2D eigenvalue weighted by Crippen LogP contribution is 2.15. The highest BCUT2D eigenvalue weighted by Gasteiger charge is 2.09. The van der Waals surface area contributed by atoms with Crippen LogP contribution < -0.4 is 20.2 Å². The Morgan fingerprint density at radius 2 is 1.79 bits per heavy atom. The van der Waals surface area contributed by atoms with Crippen molar-refractivity contribution in [2.75, 3.05) is 18.5 Å². The fraction of sp³-hybridized carbons (Fsp3) is 0.286. The van der Waals surface area contributed by atoms with Gasteiger partial charge in [-0.05, 0) is 55.3 Å². The van der Waals surface area contributed by atoms with Gasteiger partial charge in [-0.1, -0.05) is 19.1 Å². The lowest BCUT2D eigenvalue weighted by molar-refractivity contribution is -0.126. The Labute approximate surface area is 164 Å². The van der Waals surface area contributed by atoms with Crippen LogP contribution in [0.3, 0.4) is 0 Å². The van der Waals surface area contributed by atoms with Crippen LogP contribution in [0.2, 0.25) is 0 Å². The molecule has 0 unspecified atom stereocenters. The summed E-state index contributed by atoms with van der Waals surface area (Å²) in [6.07, 6.45) is 2.10. The number of nitrogens with zero attached hydrogens (tertiary/aromatic N) is 1. The van der Waals surface area contributed by atoms with Crippen LogP contribution in [0.5, 0.6) is 11.5 Å². The number of hydrogen-bond acceptors (Lipinski definition) is 5. The Bertz CT molecular complexity index is 804. The quantitative estimate of drug-likeness (QED) is 0.374. The van der Waals surface area contributed by atoms with E-state index in [4.69, 9.17) is 9.47 Å². The largest absolute Gasteiger partial charge is 0.494 e. The van der Waals surface area contributed by atoms with Crippen LogP contribution in [0.25, 0.3) is 0 Å². The van der Waals surface area contributed by atoms with Crippen LogP contribution in [0, 0.1) is 0 Å². The molecule has 2 amide bonds. The predicted octanol–water partition coefficient (Wildman–Crippen LogP) is 3.35. The smallest absolute Gasteiger partial charge is 0.249 e. The van der Waals surface area contributed by atoms with E-state index >= 15 is 0 Å². The molecule has 0 saturated carbocycles. The molecule has 0 heterocycles. The Morgan fingerprint density at radius 1 is 1.00 bits per heavy atom. The minimum absolute atomic E-state index is 0.329. The topological polar surface area (TPSA) is 89.0 Å². The molecule has 7 nitrogen and oxygen atoms in total. The monoisotopic (exact) mass is 383 g/mol. The molecule has 0 spiro atoms. The molecule has 0 aliphatic carbocycles. The molecule has 0 aliphatic rings. The minimum Gasteiger partial charge on any atom is -0.494 e. The summed E-state index contributed by atoms with van der Waals surface area (Å²) in [4.78, 5) is 23.8. The number of hydrazone groups is 1. The standard InChI is InChI=1S/C21H25N3O4/c1-3-12-28-19-7-5-6-16(13-19)15-22-24-21(26)14-20(25)23-17-8-10-18(11-9-17)27-4-2/h5-11,13,15H,3-4,12,14H2,1-2H3,(H,23,25)(H,24,26). The molecule has 0 radical (unpaired) electrons.